The van der Waals surface area contributed by atoms with E-state index in [2.05, 4.69) is 10.3 Å². The van der Waals surface area contributed by atoms with Gasteiger partial charge in [-0.25, -0.2) is 9.37 Å². The van der Waals surface area contributed by atoms with Crippen molar-refractivity contribution in [2.24, 2.45) is 0 Å². The second-order valence-electron chi connectivity index (χ2n) is 3.67. The molecule has 0 fully saturated rings. The van der Waals surface area contributed by atoms with Gasteiger partial charge in [-0.2, -0.15) is 0 Å². The van der Waals surface area contributed by atoms with E-state index in [0.29, 0.717) is 22.2 Å². The lowest BCUT2D eigenvalue weighted by atomic mass is 10.3. The van der Waals surface area contributed by atoms with Gasteiger partial charge in [0.1, 0.15) is 5.82 Å². The summed E-state index contributed by atoms with van der Waals surface area (Å²) in [7, 11) is 0. The average molecular weight is 252 g/mol. The Kier molecular flexibility index (Phi) is 3.15. The van der Waals surface area contributed by atoms with Crippen LogP contribution in [0.15, 0.2) is 30.3 Å². The molecule has 0 bridgehead atoms. The minimum atomic E-state index is -0.411. The van der Waals surface area contributed by atoms with Gasteiger partial charge in [-0.15, -0.1) is 0 Å². The van der Waals surface area contributed by atoms with Crippen LogP contribution in [0.4, 0.5) is 21.6 Å². The number of pyridine rings is 1. The van der Waals surface area contributed by atoms with Gasteiger partial charge in [0.2, 0.25) is 0 Å². The molecule has 0 saturated heterocycles. The van der Waals surface area contributed by atoms with E-state index in [1.165, 1.54) is 12.1 Å². The molecule has 1 aromatic carbocycles. The second kappa shape index (κ2) is 4.59. The Morgan fingerprint density at radius 2 is 2.06 bits per heavy atom. The third-order valence-electron chi connectivity index (χ3n) is 2.19. The topological polar surface area (TPSA) is 50.9 Å². The highest BCUT2D eigenvalue weighted by Crippen LogP contribution is 2.24. The van der Waals surface area contributed by atoms with Crippen molar-refractivity contribution >= 4 is 28.8 Å². The molecule has 0 spiro atoms. The number of aryl methyl sites for hydroxylation is 1. The van der Waals surface area contributed by atoms with Crippen molar-refractivity contribution in [1.82, 2.24) is 4.98 Å². The van der Waals surface area contributed by atoms with Crippen LogP contribution in [0.3, 0.4) is 0 Å². The van der Waals surface area contributed by atoms with E-state index in [1.807, 2.05) is 6.92 Å². The molecular formula is C12H11ClFN3. The molecule has 0 saturated carbocycles. The van der Waals surface area contributed by atoms with E-state index in [-0.39, 0.29) is 0 Å². The van der Waals surface area contributed by atoms with Gasteiger partial charge in [-0.3, -0.25) is 0 Å². The lowest BCUT2D eigenvalue weighted by Crippen LogP contribution is -2.00. The highest BCUT2D eigenvalue weighted by molar-refractivity contribution is 6.30. The minimum absolute atomic E-state index is 0.318. The van der Waals surface area contributed by atoms with Crippen LogP contribution in [-0.4, -0.2) is 4.98 Å². The number of nitrogen functional groups attached to an aromatic ring is 1. The molecule has 17 heavy (non-hydrogen) atoms. The van der Waals surface area contributed by atoms with Crippen LogP contribution in [-0.2, 0) is 0 Å². The minimum Gasteiger partial charge on any atom is -0.396 e. The van der Waals surface area contributed by atoms with E-state index < -0.39 is 5.82 Å². The Morgan fingerprint density at radius 3 is 2.76 bits per heavy atom. The number of nitrogens with one attached hydrogen (secondary N) is 1. The Bertz CT molecular complexity index is 537. The molecule has 1 aromatic heterocycles. The van der Waals surface area contributed by atoms with Gasteiger partial charge in [-0.1, -0.05) is 11.6 Å². The van der Waals surface area contributed by atoms with Crippen LogP contribution in [0.5, 0.6) is 0 Å². The Hall–Kier alpha value is -1.81. The fraction of sp³-hybridized carbons (Fsp3) is 0.0833. The van der Waals surface area contributed by atoms with Gasteiger partial charge in [-0.05, 0) is 37.3 Å². The summed E-state index contributed by atoms with van der Waals surface area (Å²) in [6.07, 6.45) is 0. The van der Waals surface area contributed by atoms with Gasteiger partial charge >= 0.3 is 0 Å². The van der Waals surface area contributed by atoms with Gasteiger partial charge in [0, 0.05) is 16.4 Å². The molecule has 0 aliphatic rings. The number of hydrogen-bond acceptors (Lipinski definition) is 3. The largest absolute Gasteiger partial charge is 0.396 e. The summed E-state index contributed by atoms with van der Waals surface area (Å²) in [6.45, 7) is 1.85. The van der Waals surface area contributed by atoms with Crippen molar-refractivity contribution in [2.45, 2.75) is 6.92 Å². The summed E-state index contributed by atoms with van der Waals surface area (Å²) >= 11 is 5.76. The molecule has 0 atom stereocenters. The summed E-state index contributed by atoms with van der Waals surface area (Å²) < 4.78 is 13.1. The van der Waals surface area contributed by atoms with Crippen LogP contribution < -0.4 is 11.1 Å². The number of benzene rings is 1. The Morgan fingerprint density at radius 1 is 1.29 bits per heavy atom. The first-order valence-electron chi connectivity index (χ1n) is 5.01. The first-order valence-corrected chi connectivity index (χ1v) is 5.38. The summed E-state index contributed by atoms with van der Waals surface area (Å²) in [5.74, 6) is 0.0814. The smallest absolute Gasteiger partial charge is 0.153 e. The van der Waals surface area contributed by atoms with E-state index in [0.717, 1.165) is 5.69 Å². The van der Waals surface area contributed by atoms with Gasteiger partial charge in [0.25, 0.3) is 0 Å². The molecular weight excluding hydrogens is 241 g/mol. The maximum Gasteiger partial charge on any atom is 0.153 e. The van der Waals surface area contributed by atoms with E-state index in [9.17, 15) is 4.39 Å². The molecule has 1 heterocycles. The van der Waals surface area contributed by atoms with Crippen molar-refractivity contribution in [3.05, 3.63) is 46.9 Å². The third-order valence-corrected chi connectivity index (χ3v) is 2.41. The van der Waals surface area contributed by atoms with Crippen molar-refractivity contribution in [3.8, 4) is 0 Å². The van der Waals surface area contributed by atoms with E-state index in [1.54, 1.807) is 18.2 Å². The third kappa shape index (κ3) is 2.85. The fourth-order valence-corrected chi connectivity index (χ4v) is 1.65. The van der Waals surface area contributed by atoms with Gasteiger partial charge in [0.15, 0.2) is 5.82 Å². The predicted octanol–water partition coefficient (Wildman–Crippen LogP) is 3.51. The zero-order valence-electron chi connectivity index (χ0n) is 9.17. The van der Waals surface area contributed by atoms with Crippen LogP contribution in [0.25, 0.3) is 0 Å². The maximum atomic E-state index is 13.1. The lowest BCUT2D eigenvalue weighted by Gasteiger charge is -2.09. The van der Waals surface area contributed by atoms with Crippen molar-refractivity contribution in [3.63, 3.8) is 0 Å². The fourth-order valence-electron chi connectivity index (χ4n) is 1.43. The summed E-state index contributed by atoms with van der Waals surface area (Å²) in [5.41, 5.74) is 7.59. The van der Waals surface area contributed by atoms with Crippen molar-refractivity contribution in [1.29, 1.82) is 0 Å². The summed E-state index contributed by atoms with van der Waals surface area (Å²) in [6, 6.07) is 7.72. The molecule has 0 aliphatic carbocycles. The van der Waals surface area contributed by atoms with E-state index in [4.69, 9.17) is 17.3 Å². The molecule has 0 unspecified atom stereocenters. The lowest BCUT2D eigenvalue weighted by molar-refractivity contribution is 0.628. The number of aromatic nitrogens is 1. The zero-order valence-corrected chi connectivity index (χ0v) is 9.92. The monoisotopic (exact) mass is 251 g/mol. The van der Waals surface area contributed by atoms with Gasteiger partial charge in [0.05, 0.1) is 5.69 Å². The summed E-state index contributed by atoms with van der Waals surface area (Å²) in [5, 5.41) is 3.25. The first-order chi connectivity index (χ1) is 8.04. The normalized spacial score (nSPS) is 10.3. The van der Waals surface area contributed by atoms with Crippen molar-refractivity contribution in [2.75, 3.05) is 11.1 Å². The van der Waals surface area contributed by atoms with Crippen LogP contribution in [0.1, 0.15) is 5.69 Å². The van der Waals surface area contributed by atoms with E-state index >= 15 is 0 Å². The summed E-state index contributed by atoms with van der Waals surface area (Å²) in [4.78, 5) is 4.23. The molecule has 88 valence electrons. The molecule has 3 N–H and O–H groups in total. The number of hydrogen-bond donors (Lipinski definition) is 2. The molecule has 2 aromatic rings. The maximum absolute atomic E-state index is 13.1. The zero-order chi connectivity index (χ0) is 12.4. The molecule has 0 radical (unpaired) electrons. The molecule has 5 heteroatoms. The van der Waals surface area contributed by atoms with Crippen LogP contribution >= 0.6 is 11.6 Å². The highest BCUT2D eigenvalue weighted by atomic mass is 35.5. The second-order valence-corrected chi connectivity index (χ2v) is 4.11. The highest BCUT2D eigenvalue weighted by Gasteiger charge is 2.04. The number of halogens is 2. The number of nitrogens with two attached hydrogens (primary N) is 1. The average Bonchev–Trinajstić information content (AvgIpc) is 2.22. The van der Waals surface area contributed by atoms with Crippen molar-refractivity contribution < 1.29 is 4.39 Å². The number of nitrogens with zero attached hydrogens (tertiary/aromatic N) is 1. The number of rotatable bonds is 2. The Balaban J connectivity index is 2.34. The van der Waals surface area contributed by atoms with Gasteiger partial charge < -0.3 is 11.1 Å². The SMILES string of the molecule is Cc1ccc(N)c(Nc2cc(F)cc(Cl)c2)n1. The Labute approximate surface area is 103 Å². The first kappa shape index (κ1) is 11.7. The molecule has 0 amide bonds. The quantitative estimate of drug-likeness (QED) is 0.859. The molecule has 2 rings (SSSR count). The predicted molar refractivity (Wildman–Crippen MR) is 68.1 cm³/mol. The molecule has 3 nitrogen and oxygen atoms in total. The van der Waals surface area contributed by atoms with Crippen LogP contribution in [0, 0.1) is 12.7 Å². The van der Waals surface area contributed by atoms with Crippen LogP contribution in [0.2, 0.25) is 5.02 Å². The standard InChI is InChI=1S/C12H11ClFN3/c1-7-2-3-11(15)12(16-7)17-10-5-8(13)4-9(14)6-10/h2-6H,15H2,1H3,(H,16,17). The molecule has 0 aliphatic heterocycles. The number of anilines is 3.